The molecule has 0 aliphatic heterocycles. The molecule has 0 aliphatic carbocycles. The quantitative estimate of drug-likeness (QED) is 0.199. The molecular formula is C20H42N2. The van der Waals surface area contributed by atoms with Crippen LogP contribution in [0.2, 0.25) is 0 Å². The molecule has 0 aromatic heterocycles. The summed E-state index contributed by atoms with van der Waals surface area (Å²) in [6.45, 7) is 3.40. The van der Waals surface area contributed by atoms with E-state index in [1.807, 2.05) is 5.01 Å². The molecule has 0 unspecified atom stereocenters. The van der Waals surface area contributed by atoms with Crippen molar-refractivity contribution in [3.63, 3.8) is 0 Å². The molecule has 0 spiro atoms. The lowest BCUT2D eigenvalue weighted by Gasteiger charge is -2.11. The van der Waals surface area contributed by atoms with Crippen molar-refractivity contribution >= 4 is 0 Å². The molecule has 0 fully saturated rings. The van der Waals surface area contributed by atoms with Gasteiger partial charge in [-0.1, -0.05) is 76.9 Å². The van der Waals surface area contributed by atoms with Crippen molar-refractivity contribution < 1.29 is 0 Å². The lowest BCUT2D eigenvalue weighted by Crippen LogP contribution is -2.30. The molecule has 0 atom stereocenters. The summed E-state index contributed by atoms with van der Waals surface area (Å²) in [6.07, 6.45) is 24.1. The van der Waals surface area contributed by atoms with Crippen molar-refractivity contribution in [2.24, 2.45) is 0 Å². The maximum Gasteiger partial charge on any atom is 0.0102 e. The zero-order valence-corrected chi connectivity index (χ0v) is 15.7. The van der Waals surface area contributed by atoms with E-state index < -0.39 is 0 Å². The van der Waals surface area contributed by atoms with Gasteiger partial charge < -0.3 is 0 Å². The van der Waals surface area contributed by atoms with E-state index in [0.717, 1.165) is 6.54 Å². The summed E-state index contributed by atoms with van der Waals surface area (Å²) >= 11 is 0. The average Bonchev–Trinajstić information content (AvgIpc) is 2.50. The van der Waals surface area contributed by atoms with Crippen molar-refractivity contribution in [3.05, 3.63) is 12.2 Å². The minimum Gasteiger partial charge on any atom is -0.256 e. The van der Waals surface area contributed by atoms with Gasteiger partial charge in [-0.3, -0.25) is 10.4 Å². The fourth-order valence-electron chi connectivity index (χ4n) is 2.68. The predicted octanol–water partition coefficient (Wildman–Crippen LogP) is 6.09. The zero-order chi connectivity index (χ0) is 16.3. The SMILES string of the molecule is CCCCCCCC/C=C\CCCCCCCCNN(C)C. The van der Waals surface area contributed by atoms with Crippen LogP contribution < -0.4 is 5.43 Å². The number of nitrogens with zero attached hydrogens (tertiary/aromatic N) is 1. The maximum absolute atomic E-state index is 3.32. The summed E-state index contributed by atoms with van der Waals surface area (Å²) in [5.41, 5.74) is 3.32. The fourth-order valence-corrected chi connectivity index (χ4v) is 2.68. The lowest BCUT2D eigenvalue weighted by molar-refractivity contribution is 0.286. The molecule has 0 heterocycles. The van der Waals surface area contributed by atoms with E-state index >= 15 is 0 Å². The molecule has 132 valence electrons. The maximum atomic E-state index is 3.32. The van der Waals surface area contributed by atoms with Gasteiger partial charge in [0.1, 0.15) is 0 Å². The van der Waals surface area contributed by atoms with Crippen molar-refractivity contribution in [2.75, 3.05) is 20.6 Å². The second kappa shape index (κ2) is 18.7. The van der Waals surface area contributed by atoms with Gasteiger partial charge in [-0.05, 0) is 32.1 Å². The van der Waals surface area contributed by atoms with Crippen molar-refractivity contribution in [3.8, 4) is 0 Å². The van der Waals surface area contributed by atoms with Crippen LogP contribution in [0, 0.1) is 0 Å². The number of nitrogens with one attached hydrogen (secondary N) is 1. The Morgan fingerprint density at radius 3 is 1.59 bits per heavy atom. The Bertz CT molecular complexity index is 224. The highest BCUT2D eigenvalue weighted by Crippen LogP contribution is 2.09. The number of hydrazine groups is 1. The lowest BCUT2D eigenvalue weighted by atomic mass is 10.1. The summed E-state index contributed by atoms with van der Waals surface area (Å²) in [5.74, 6) is 0. The molecule has 2 nitrogen and oxygen atoms in total. The predicted molar refractivity (Wildman–Crippen MR) is 101 cm³/mol. The van der Waals surface area contributed by atoms with Gasteiger partial charge in [0.15, 0.2) is 0 Å². The van der Waals surface area contributed by atoms with Crippen LogP contribution in [0.5, 0.6) is 0 Å². The molecule has 0 rings (SSSR count). The van der Waals surface area contributed by atoms with Crippen LogP contribution in [0.15, 0.2) is 12.2 Å². The summed E-state index contributed by atoms with van der Waals surface area (Å²) in [4.78, 5) is 0. The van der Waals surface area contributed by atoms with E-state index in [9.17, 15) is 0 Å². The number of rotatable bonds is 17. The third-order valence-electron chi connectivity index (χ3n) is 4.12. The van der Waals surface area contributed by atoms with Gasteiger partial charge in [0.25, 0.3) is 0 Å². The summed E-state index contributed by atoms with van der Waals surface area (Å²) in [7, 11) is 4.11. The van der Waals surface area contributed by atoms with Crippen LogP contribution in [0.3, 0.4) is 0 Å². The number of allylic oxidation sites excluding steroid dienone is 2. The first-order chi connectivity index (χ1) is 10.8. The highest BCUT2D eigenvalue weighted by atomic mass is 15.5. The minimum absolute atomic E-state index is 1.12. The van der Waals surface area contributed by atoms with Gasteiger partial charge in [0.2, 0.25) is 0 Å². The Labute approximate surface area is 140 Å². The van der Waals surface area contributed by atoms with Crippen molar-refractivity contribution in [2.45, 2.75) is 96.8 Å². The molecule has 0 aromatic carbocycles. The second-order valence-corrected chi connectivity index (χ2v) is 6.74. The highest BCUT2D eigenvalue weighted by molar-refractivity contribution is 4.81. The van der Waals surface area contributed by atoms with E-state index in [4.69, 9.17) is 0 Å². The molecule has 0 aromatic rings. The van der Waals surface area contributed by atoms with E-state index in [-0.39, 0.29) is 0 Å². The standard InChI is InChI=1S/C20H42N2/c1-4-5-6-7-8-9-10-11-12-13-14-15-16-17-18-19-20-21-22(2)3/h11-12,21H,4-10,13-20H2,1-3H3/b12-11-. The molecule has 0 bridgehead atoms. The molecule has 0 aliphatic rings. The monoisotopic (exact) mass is 310 g/mol. The van der Waals surface area contributed by atoms with Crippen LogP contribution in [0.25, 0.3) is 0 Å². The zero-order valence-electron chi connectivity index (χ0n) is 15.7. The molecular weight excluding hydrogens is 268 g/mol. The van der Waals surface area contributed by atoms with Gasteiger partial charge in [-0.15, -0.1) is 0 Å². The molecule has 2 heteroatoms. The van der Waals surface area contributed by atoms with Gasteiger partial charge >= 0.3 is 0 Å². The first kappa shape index (κ1) is 21.7. The molecule has 0 saturated heterocycles. The minimum atomic E-state index is 1.12. The van der Waals surface area contributed by atoms with Gasteiger partial charge in [-0.25, -0.2) is 0 Å². The van der Waals surface area contributed by atoms with Crippen molar-refractivity contribution in [1.29, 1.82) is 0 Å². The topological polar surface area (TPSA) is 15.3 Å². The summed E-state index contributed by atoms with van der Waals surface area (Å²) in [6, 6.07) is 0. The third kappa shape index (κ3) is 19.7. The smallest absolute Gasteiger partial charge is 0.0102 e. The van der Waals surface area contributed by atoms with E-state index in [1.54, 1.807) is 0 Å². The summed E-state index contributed by atoms with van der Waals surface area (Å²) in [5, 5.41) is 2.04. The number of unbranched alkanes of at least 4 members (excludes halogenated alkanes) is 12. The molecule has 1 N–H and O–H groups in total. The van der Waals surface area contributed by atoms with Crippen LogP contribution in [0.4, 0.5) is 0 Å². The Morgan fingerprint density at radius 2 is 1.09 bits per heavy atom. The molecule has 0 amide bonds. The second-order valence-electron chi connectivity index (χ2n) is 6.74. The average molecular weight is 311 g/mol. The Kier molecular flexibility index (Phi) is 18.4. The third-order valence-corrected chi connectivity index (χ3v) is 4.12. The van der Waals surface area contributed by atoms with E-state index in [0.29, 0.717) is 0 Å². The molecule has 22 heavy (non-hydrogen) atoms. The van der Waals surface area contributed by atoms with Gasteiger partial charge in [0, 0.05) is 20.6 Å². The van der Waals surface area contributed by atoms with Gasteiger partial charge in [0.05, 0.1) is 0 Å². The Morgan fingerprint density at radius 1 is 0.636 bits per heavy atom. The van der Waals surface area contributed by atoms with E-state index in [2.05, 4.69) is 38.6 Å². The highest BCUT2D eigenvalue weighted by Gasteiger charge is 1.92. The fraction of sp³-hybridized carbons (Fsp3) is 0.900. The first-order valence-electron chi connectivity index (χ1n) is 9.83. The van der Waals surface area contributed by atoms with Gasteiger partial charge in [-0.2, -0.15) is 0 Å². The number of hydrogen-bond donors (Lipinski definition) is 1. The molecule has 0 saturated carbocycles. The van der Waals surface area contributed by atoms with E-state index in [1.165, 1.54) is 89.9 Å². The van der Waals surface area contributed by atoms with Crippen LogP contribution in [-0.4, -0.2) is 25.6 Å². The summed E-state index contributed by atoms with van der Waals surface area (Å²) < 4.78 is 0. The Hall–Kier alpha value is -0.340. The first-order valence-corrected chi connectivity index (χ1v) is 9.83. The normalized spacial score (nSPS) is 11.8. The van der Waals surface area contributed by atoms with Crippen LogP contribution >= 0.6 is 0 Å². The largest absolute Gasteiger partial charge is 0.256 e. The van der Waals surface area contributed by atoms with Crippen LogP contribution in [0.1, 0.15) is 96.8 Å². The number of hydrogen-bond acceptors (Lipinski definition) is 2. The Balaban J connectivity index is 3.05. The van der Waals surface area contributed by atoms with Crippen LogP contribution in [-0.2, 0) is 0 Å². The van der Waals surface area contributed by atoms with Crippen molar-refractivity contribution in [1.82, 2.24) is 10.4 Å². The molecule has 0 radical (unpaired) electrons.